The van der Waals surface area contributed by atoms with Gasteiger partial charge in [0.2, 0.25) is 0 Å². The zero-order valence-electron chi connectivity index (χ0n) is 10.4. The summed E-state index contributed by atoms with van der Waals surface area (Å²) in [5.41, 5.74) is 1.73. The van der Waals surface area contributed by atoms with Crippen molar-refractivity contribution in [2.75, 3.05) is 14.2 Å². The van der Waals surface area contributed by atoms with Gasteiger partial charge in [-0.3, -0.25) is 0 Å². The lowest BCUT2D eigenvalue weighted by atomic mass is 10.1. The Kier molecular flexibility index (Phi) is 3.88. The van der Waals surface area contributed by atoms with Crippen LogP contribution in [0.1, 0.15) is 11.1 Å². The molecule has 0 aliphatic rings. The average Bonchev–Trinajstić information content (AvgIpc) is 2.45. The monoisotopic (exact) mass is 238 g/mol. The molecule has 2 nitrogen and oxygen atoms in total. The van der Waals surface area contributed by atoms with Gasteiger partial charge in [-0.15, -0.1) is 0 Å². The van der Waals surface area contributed by atoms with Crippen LogP contribution in [0.5, 0.6) is 11.5 Å². The van der Waals surface area contributed by atoms with Crippen LogP contribution in [0.4, 0.5) is 0 Å². The Morgan fingerprint density at radius 2 is 1.06 bits per heavy atom. The van der Waals surface area contributed by atoms with E-state index < -0.39 is 0 Å². The number of benzene rings is 2. The molecule has 2 aromatic carbocycles. The van der Waals surface area contributed by atoms with Crippen molar-refractivity contribution in [3.63, 3.8) is 0 Å². The Balaban J connectivity index is 2.37. The molecule has 0 saturated heterocycles. The van der Waals surface area contributed by atoms with Crippen molar-refractivity contribution in [2.45, 2.75) is 0 Å². The molecule has 0 amide bonds. The van der Waals surface area contributed by atoms with Gasteiger partial charge in [0.1, 0.15) is 11.5 Å². The van der Waals surface area contributed by atoms with Gasteiger partial charge >= 0.3 is 0 Å². The highest BCUT2D eigenvalue weighted by Crippen LogP contribution is 2.18. The highest BCUT2D eigenvalue weighted by atomic mass is 16.5. The number of rotatable bonds is 2. The van der Waals surface area contributed by atoms with E-state index in [1.54, 1.807) is 14.2 Å². The third-order valence-electron chi connectivity index (χ3n) is 2.55. The van der Waals surface area contributed by atoms with Crippen LogP contribution in [0.2, 0.25) is 0 Å². The van der Waals surface area contributed by atoms with E-state index in [-0.39, 0.29) is 0 Å². The number of hydrogen-bond donors (Lipinski definition) is 0. The summed E-state index contributed by atoms with van der Waals surface area (Å²) < 4.78 is 10.5. The Bertz CT molecular complexity index is 540. The second-order valence-corrected chi connectivity index (χ2v) is 3.65. The van der Waals surface area contributed by atoms with Crippen LogP contribution in [0.15, 0.2) is 48.5 Å². The first kappa shape index (κ1) is 12.1. The van der Waals surface area contributed by atoms with Gasteiger partial charge in [0.25, 0.3) is 0 Å². The first-order valence-electron chi connectivity index (χ1n) is 5.63. The lowest BCUT2D eigenvalue weighted by Crippen LogP contribution is -1.88. The quantitative estimate of drug-likeness (QED) is 0.748. The van der Waals surface area contributed by atoms with Gasteiger partial charge in [0, 0.05) is 0 Å². The Morgan fingerprint density at radius 1 is 0.667 bits per heavy atom. The number of para-hydroxylation sites is 2. The van der Waals surface area contributed by atoms with E-state index in [9.17, 15) is 0 Å². The number of ether oxygens (including phenoxy) is 2. The summed E-state index contributed by atoms with van der Waals surface area (Å²) in [6, 6.07) is 15.4. The summed E-state index contributed by atoms with van der Waals surface area (Å²) in [5.74, 6) is 7.76. The minimum absolute atomic E-state index is 0.778. The summed E-state index contributed by atoms with van der Waals surface area (Å²) in [6.07, 6.45) is 0. The SMILES string of the molecule is COc1ccccc1C#Cc1ccccc1OC. The summed E-state index contributed by atoms with van der Waals surface area (Å²) in [6.45, 7) is 0. The maximum absolute atomic E-state index is 5.26. The minimum atomic E-state index is 0.778. The van der Waals surface area contributed by atoms with E-state index in [0.29, 0.717) is 0 Å². The van der Waals surface area contributed by atoms with Gasteiger partial charge in [0.05, 0.1) is 25.3 Å². The number of methoxy groups -OCH3 is 2. The molecule has 2 heteroatoms. The van der Waals surface area contributed by atoms with E-state index in [1.165, 1.54) is 0 Å². The third-order valence-corrected chi connectivity index (χ3v) is 2.55. The molecule has 0 radical (unpaired) electrons. The predicted molar refractivity (Wildman–Crippen MR) is 72.0 cm³/mol. The van der Waals surface area contributed by atoms with Gasteiger partial charge in [-0.2, -0.15) is 0 Å². The standard InChI is InChI=1S/C16H14O2/c1-17-15-9-5-3-7-13(15)11-12-14-8-4-6-10-16(14)18-2/h3-10H,1-2H3. The molecular formula is C16H14O2. The van der Waals surface area contributed by atoms with Crippen LogP contribution < -0.4 is 9.47 Å². The molecule has 0 aliphatic heterocycles. The molecule has 0 atom stereocenters. The summed E-state index contributed by atoms with van der Waals surface area (Å²) >= 11 is 0. The molecule has 0 bridgehead atoms. The first-order valence-corrected chi connectivity index (χ1v) is 5.63. The van der Waals surface area contributed by atoms with Crippen molar-refractivity contribution < 1.29 is 9.47 Å². The van der Waals surface area contributed by atoms with Gasteiger partial charge in [-0.1, -0.05) is 36.1 Å². The van der Waals surface area contributed by atoms with Gasteiger partial charge < -0.3 is 9.47 Å². The molecule has 0 saturated carbocycles. The van der Waals surface area contributed by atoms with Crippen molar-refractivity contribution in [2.24, 2.45) is 0 Å². The zero-order valence-corrected chi connectivity index (χ0v) is 10.4. The summed E-state index contributed by atoms with van der Waals surface area (Å²) in [5, 5.41) is 0. The predicted octanol–water partition coefficient (Wildman–Crippen LogP) is 3.10. The fraction of sp³-hybridized carbons (Fsp3) is 0.125. The molecule has 0 unspecified atom stereocenters. The van der Waals surface area contributed by atoms with Crippen molar-refractivity contribution in [1.29, 1.82) is 0 Å². The molecule has 0 aromatic heterocycles. The third kappa shape index (κ3) is 2.64. The molecule has 0 spiro atoms. The molecule has 18 heavy (non-hydrogen) atoms. The topological polar surface area (TPSA) is 18.5 Å². The molecule has 2 rings (SSSR count). The first-order chi connectivity index (χ1) is 8.85. The van der Waals surface area contributed by atoms with Gasteiger partial charge in [0.15, 0.2) is 0 Å². The summed E-state index contributed by atoms with van der Waals surface area (Å²) in [7, 11) is 3.28. The molecule has 0 N–H and O–H groups in total. The van der Waals surface area contributed by atoms with E-state index in [4.69, 9.17) is 9.47 Å². The van der Waals surface area contributed by atoms with Crippen LogP contribution in [-0.2, 0) is 0 Å². The molecule has 2 aromatic rings. The molecule has 0 aliphatic carbocycles. The van der Waals surface area contributed by atoms with Crippen LogP contribution in [0.3, 0.4) is 0 Å². The Morgan fingerprint density at radius 3 is 1.44 bits per heavy atom. The lowest BCUT2D eigenvalue weighted by Gasteiger charge is -2.02. The number of hydrogen-bond acceptors (Lipinski definition) is 2. The maximum Gasteiger partial charge on any atom is 0.134 e. The van der Waals surface area contributed by atoms with E-state index in [1.807, 2.05) is 48.5 Å². The maximum atomic E-state index is 5.26. The van der Waals surface area contributed by atoms with Crippen molar-refractivity contribution >= 4 is 0 Å². The molecular weight excluding hydrogens is 224 g/mol. The van der Waals surface area contributed by atoms with Gasteiger partial charge in [-0.25, -0.2) is 0 Å². The van der Waals surface area contributed by atoms with E-state index >= 15 is 0 Å². The largest absolute Gasteiger partial charge is 0.495 e. The van der Waals surface area contributed by atoms with Crippen LogP contribution in [-0.4, -0.2) is 14.2 Å². The van der Waals surface area contributed by atoms with Crippen molar-refractivity contribution in [3.05, 3.63) is 59.7 Å². The normalized spacial score (nSPS) is 9.22. The Labute approximate surface area is 107 Å². The molecule has 0 fully saturated rings. The van der Waals surface area contributed by atoms with E-state index in [0.717, 1.165) is 22.6 Å². The average molecular weight is 238 g/mol. The molecule has 0 heterocycles. The zero-order chi connectivity index (χ0) is 12.8. The smallest absolute Gasteiger partial charge is 0.134 e. The fourth-order valence-corrected chi connectivity index (χ4v) is 1.63. The van der Waals surface area contributed by atoms with Gasteiger partial charge in [-0.05, 0) is 24.3 Å². The minimum Gasteiger partial charge on any atom is -0.495 e. The van der Waals surface area contributed by atoms with Crippen LogP contribution in [0, 0.1) is 11.8 Å². The van der Waals surface area contributed by atoms with Crippen LogP contribution >= 0.6 is 0 Å². The second-order valence-electron chi connectivity index (χ2n) is 3.65. The summed E-state index contributed by atoms with van der Waals surface area (Å²) in [4.78, 5) is 0. The molecule has 90 valence electrons. The van der Waals surface area contributed by atoms with Crippen molar-refractivity contribution in [1.82, 2.24) is 0 Å². The highest BCUT2D eigenvalue weighted by molar-refractivity contribution is 5.53. The highest BCUT2D eigenvalue weighted by Gasteiger charge is 1.99. The van der Waals surface area contributed by atoms with Crippen LogP contribution in [0.25, 0.3) is 0 Å². The van der Waals surface area contributed by atoms with Crippen molar-refractivity contribution in [3.8, 4) is 23.3 Å². The lowest BCUT2D eigenvalue weighted by molar-refractivity contribution is 0.413. The van der Waals surface area contributed by atoms with E-state index in [2.05, 4.69) is 11.8 Å². The second kappa shape index (κ2) is 5.79. The Hall–Kier alpha value is -2.40. The fourth-order valence-electron chi connectivity index (χ4n) is 1.63.